The quantitative estimate of drug-likeness (QED) is 0.699. The number of nitrogens with zero attached hydrogens (tertiary/aromatic N) is 4. The van der Waals surface area contributed by atoms with Gasteiger partial charge in [0, 0.05) is 11.0 Å². The molecule has 0 saturated carbocycles. The van der Waals surface area contributed by atoms with Crippen LogP contribution in [0.2, 0.25) is 0 Å². The molecule has 2 aromatic heterocycles. The van der Waals surface area contributed by atoms with Gasteiger partial charge in [0.05, 0.1) is 17.6 Å². The molecule has 2 heterocycles. The van der Waals surface area contributed by atoms with E-state index < -0.39 is 0 Å². The molecule has 130 valence electrons. The number of nitrogens with one attached hydrogen (secondary N) is 2. The monoisotopic (exact) mass is 338 g/mol. The van der Waals surface area contributed by atoms with Crippen molar-refractivity contribution in [1.29, 1.82) is 0 Å². The molecule has 0 amide bonds. The Morgan fingerprint density at radius 2 is 1.88 bits per heavy atom. The van der Waals surface area contributed by atoms with E-state index in [2.05, 4.69) is 25.5 Å². The first kappa shape index (κ1) is 16.9. The number of hydrogen-bond donors (Lipinski definition) is 2. The summed E-state index contributed by atoms with van der Waals surface area (Å²) in [5, 5.41) is 18.5. The maximum absolute atomic E-state index is 12.9. The van der Waals surface area contributed by atoms with Crippen LogP contribution in [0.1, 0.15) is 39.0 Å². The lowest BCUT2D eigenvalue weighted by molar-refractivity contribution is 0.560. The van der Waals surface area contributed by atoms with Crippen molar-refractivity contribution in [1.82, 2.24) is 20.0 Å². The molecular formula is C18H22N6O. The van der Waals surface area contributed by atoms with Crippen molar-refractivity contribution in [3.05, 3.63) is 58.1 Å². The van der Waals surface area contributed by atoms with Gasteiger partial charge >= 0.3 is 0 Å². The van der Waals surface area contributed by atoms with Crippen LogP contribution >= 0.6 is 0 Å². The van der Waals surface area contributed by atoms with Gasteiger partial charge in [0.2, 0.25) is 0 Å². The average Bonchev–Trinajstić information content (AvgIpc) is 3.17. The van der Waals surface area contributed by atoms with Gasteiger partial charge in [0.1, 0.15) is 0 Å². The largest absolute Gasteiger partial charge is 0.299 e. The van der Waals surface area contributed by atoms with Gasteiger partial charge in [0.15, 0.2) is 11.5 Å². The molecule has 0 spiro atoms. The fourth-order valence-electron chi connectivity index (χ4n) is 2.55. The van der Waals surface area contributed by atoms with E-state index in [0.717, 1.165) is 23.4 Å². The first-order valence-electron chi connectivity index (χ1n) is 8.26. The molecule has 0 atom stereocenters. The molecule has 0 unspecified atom stereocenters. The Hall–Kier alpha value is -2.96. The molecule has 3 aromatic rings. The third-order valence-corrected chi connectivity index (χ3v) is 3.96. The van der Waals surface area contributed by atoms with Crippen molar-refractivity contribution in [3.8, 4) is 5.69 Å². The Kier molecular flexibility index (Phi) is 4.39. The minimum Gasteiger partial charge on any atom is -0.292 e. The third-order valence-electron chi connectivity index (χ3n) is 3.96. The Bertz CT molecular complexity index is 940. The molecular weight excluding hydrogens is 316 g/mol. The van der Waals surface area contributed by atoms with Crippen LogP contribution in [0.25, 0.3) is 5.69 Å². The number of hydrogen-bond acceptors (Lipinski definition) is 4. The van der Waals surface area contributed by atoms with E-state index in [-0.39, 0.29) is 11.0 Å². The summed E-state index contributed by atoms with van der Waals surface area (Å²) in [6.07, 6.45) is 2.51. The van der Waals surface area contributed by atoms with Gasteiger partial charge in [-0.15, -0.1) is 10.2 Å². The highest BCUT2D eigenvalue weighted by Gasteiger charge is 2.25. The SMILES string of the molecule is CCc1cn[nH]c1N=Nc1c(C(C)(C)C)[nH]n(-c2ccccc2)c1=O. The Morgan fingerprint density at radius 1 is 1.16 bits per heavy atom. The van der Waals surface area contributed by atoms with Crippen LogP contribution < -0.4 is 5.56 Å². The van der Waals surface area contributed by atoms with Gasteiger partial charge in [-0.3, -0.25) is 15.0 Å². The van der Waals surface area contributed by atoms with Gasteiger partial charge in [-0.05, 0) is 18.6 Å². The lowest BCUT2D eigenvalue weighted by Gasteiger charge is -2.16. The summed E-state index contributed by atoms with van der Waals surface area (Å²) in [7, 11) is 0. The van der Waals surface area contributed by atoms with E-state index in [4.69, 9.17) is 0 Å². The number of aromatic amines is 2. The number of azo groups is 1. The Balaban J connectivity index is 2.12. The van der Waals surface area contributed by atoms with Crippen molar-refractivity contribution >= 4 is 11.5 Å². The van der Waals surface area contributed by atoms with Crippen molar-refractivity contribution in [2.75, 3.05) is 0 Å². The van der Waals surface area contributed by atoms with Gasteiger partial charge in [-0.2, -0.15) is 5.10 Å². The summed E-state index contributed by atoms with van der Waals surface area (Å²) in [5.74, 6) is 0.578. The number of para-hydroxylation sites is 1. The number of aryl methyl sites for hydroxylation is 1. The van der Waals surface area contributed by atoms with Crippen molar-refractivity contribution in [3.63, 3.8) is 0 Å². The summed E-state index contributed by atoms with van der Waals surface area (Å²) in [6, 6.07) is 9.43. The fraction of sp³-hybridized carbons (Fsp3) is 0.333. The predicted octanol–water partition coefficient (Wildman–Crippen LogP) is 4.16. The lowest BCUT2D eigenvalue weighted by Crippen LogP contribution is -2.14. The van der Waals surface area contributed by atoms with Crippen LogP contribution in [0.15, 0.2) is 51.6 Å². The molecule has 0 saturated heterocycles. The van der Waals surface area contributed by atoms with Gasteiger partial charge < -0.3 is 0 Å². The fourth-order valence-corrected chi connectivity index (χ4v) is 2.55. The normalized spacial score (nSPS) is 12.2. The van der Waals surface area contributed by atoms with E-state index in [9.17, 15) is 4.79 Å². The third kappa shape index (κ3) is 3.31. The molecule has 25 heavy (non-hydrogen) atoms. The molecule has 0 fully saturated rings. The average molecular weight is 338 g/mol. The van der Waals surface area contributed by atoms with E-state index in [0.29, 0.717) is 11.5 Å². The topological polar surface area (TPSA) is 91.2 Å². The highest BCUT2D eigenvalue weighted by Crippen LogP contribution is 2.29. The summed E-state index contributed by atoms with van der Waals surface area (Å²) in [4.78, 5) is 12.9. The Labute approximate surface area is 145 Å². The summed E-state index contributed by atoms with van der Waals surface area (Å²) in [6.45, 7) is 8.10. The molecule has 7 heteroatoms. The van der Waals surface area contributed by atoms with Gasteiger partial charge in [-0.1, -0.05) is 45.9 Å². The number of rotatable bonds is 4. The molecule has 0 radical (unpaired) electrons. The molecule has 0 aliphatic heterocycles. The van der Waals surface area contributed by atoms with Crippen LogP contribution in [0.3, 0.4) is 0 Å². The second-order valence-corrected chi connectivity index (χ2v) is 6.86. The molecule has 0 aliphatic carbocycles. The zero-order chi connectivity index (χ0) is 18.0. The van der Waals surface area contributed by atoms with Crippen molar-refractivity contribution in [2.24, 2.45) is 10.2 Å². The molecule has 0 aliphatic rings. The number of aromatic nitrogens is 4. The van der Waals surface area contributed by atoms with Gasteiger partial charge in [-0.25, -0.2) is 4.68 Å². The standard InChI is InChI=1S/C18H22N6O/c1-5-12-11-19-21-16(12)22-20-14-15(18(2,3)4)23-24(17(14)25)13-9-7-6-8-10-13/h6-11,23H,5H2,1-4H3,(H,19,21). The van der Waals surface area contributed by atoms with Crippen LogP contribution in [-0.2, 0) is 11.8 Å². The molecule has 2 N–H and O–H groups in total. The summed E-state index contributed by atoms with van der Waals surface area (Å²) >= 11 is 0. The molecule has 7 nitrogen and oxygen atoms in total. The second kappa shape index (κ2) is 6.51. The van der Waals surface area contributed by atoms with Crippen molar-refractivity contribution in [2.45, 2.75) is 39.5 Å². The van der Waals surface area contributed by atoms with Crippen LogP contribution in [0.4, 0.5) is 11.5 Å². The zero-order valence-electron chi connectivity index (χ0n) is 14.9. The first-order chi connectivity index (χ1) is 11.9. The molecule has 1 aromatic carbocycles. The van der Waals surface area contributed by atoms with E-state index in [1.165, 1.54) is 4.68 Å². The summed E-state index contributed by atoms with van der Waals surface area (Å²) < 4.78 is 1.50. The smallest absolute Gasteiger partial charge is 0.292 e. The number of benzene rings is 1. The Morgan fingerprint density at radius 3 is 2.52 bits per heavy atom. The van der Waals surface area contributed by atoms with Crippen LogP contribution in [0.5, 0.6) is 0 Å². The highest BCUT2D eigenvalue weighted by atomic mass is 16.1. The van der Waals surface area contributed by atoms with E-state index >= 15 is 0 Å². The lowest BCUT2D eigenvalue weighted by atomic mass is 9.91. The maximum atomic E-state index is 12.9. The summed E-state index contributed by atoms with van der Waals surface area (Å²) in [5.41, 5.74) is 2.26. The first-order valence-corrected chi connectivity index (χ1v) is 8.26. The van der Waals surface area contributed by atoms with Crippen LogP contribution in [0, 0.1) is 0 Å². The van der Waals surface area contributed by atoms with Crippen LogP contribution in [-0.4, -0.2) is 20.0 Å². The predicted molar refractivity (Wildman–Crippen MR) is 97.2 cm³/mol. The minimum absolute atomic E-state index is 0.225. The number of H-pyrrole nitrogens is 2. The van der Waals surface area contributed by atoms with E-state index in [1.807, 2.05) is 58.0 Å². The van der Waals surface area contributed by atoms with Gasteiger partial charge in [0.25, 0.3) is 5.56 Å². The second-order valence-electron chi connectivity index (χ2n) is 6.86. The zero-order valence-corrected chi connectivity index (χ0v) is 14.9. The molecule has 3 rings (SSSR count). The minimum atomic E-state index is -0.283. The van der Waals surface area contributed by atoms with E-state index in [1.54, 1.807) is 6.20 Å². The van der Waals surface area contributed by atoms with Crippen molar-refractivity contribution < 1.29 is 0 Å². The highest BCUT2D eigenvalue weighted by molar-refractivity contribution is 5.47. The molecule has 0 bridgehead atoms. The maximum Gasteiger partial charge on any atom is 0.299 e.